The number of benzene rings is 1. The van der Waals surface area contributed by atoms with Crippen molar-refractivity contribution in [2.24, 2.45) is 5.92 Å². The summed E-state index contributed by atoms with van der Waals surface area (Å²) in [6.45, 7) is 6.73. The molecule has 228 valence electrons. The number of hydrogen-bond acceptors (Lipinski definition) is 6. The molecule has 1 atom stereocenters. The predicted molar refractivity (Wildman–Crippen MR) is 159 cm³/mol. The van der Waals surface area contributed by atoms with Gasteiger partial charge in [-0.1, -0.05) is 37.5 Å². The minimum atomic E-state index is -2.88. The summed E-state index contributed by atoms with van der Waals surface area (Å²) in [6, 6.07) is 6.70. The van der Waals surface area contributed by atoms with E-state index in [0.29, 0.717) is 50.8 Å². The number of nitrogens with one attached hydrogen (secondary N) is 1. The van der Waals surface area contributed by atoms with Crippen LogP contribution in [0.25, 0.3) is 0 Å². The zero-order chi connectivity index (χ0) is 29.1. The van der Waals surface area contributed by atoms with Gasteiger partial charge in [0.05, 0.1) is 12.1 Å². The number of anilines is 2. The summed E-state index contributed by atoms with van der Waals surface area (Å²) in [4.78, 5) is 29.2. The third-order valence-corrected chi connectivity index (χ3v) is 9.70. The molecule has 5 aliphatic heterocycles. The summed E-state index contributed by atoms with van der Waals surface area (Å²) < 4.78 is 37.2. The van der Waals surface area contributed by atoms with Gasteiger partial charge in [0.1, 0.15) is 18.0 Å². The average molecular weight is 583 g/mol. The maximum absolute atomic E-state index is 15.8. The van der Waals surface area contributed by atoms with Crippen LogP contribution in [0.1, 0.15) is 87.4 Å². The van der Waals surface area contributed by atoms with Crippen molar-refractivity contribution in [2.45, 2.75) is 89.3 Å². The normalized spacial score (nSPS) is 27.7. The van der Waals surface area contributed by atoms with Crippen molar-refractivity contribution in [3.8, 4) is 0 Å². The van der Waals surface area contributed by atoms with E-state index in [4.69, 9.17) is 4.74 Å². The van der Waals surface area contributed by atoms with Crippen molar-refractivity contribution < 1.29 is 18.3 Å². The highest BCUT2D eigenvalue weighted by Gasteiger charge is 2.43. The topological polar surface area (TPSA) is 73.8 Å². The van der Waals surface area contributed by atoms with Gasteiger partial charge in [-0.25, -0.2) is 23.5 Å². The van der Waals surface area contributed by atoms with Crippen molar-refractivity contribution >= 4 is 17.7 Å². The molecule has 0 aliphatic carbocycles. The van der Waals surface area contributed by atoms with Crippen LogP contribution in [0.4, 0.5) is 25.2 Å². The summed E-state index contributed by atoms with van der Waals surface area (Å²) in [6.07, 6.45) is 9.37. The Labute approximate surface area is 247 Å². The SMILES string of the molecule is C[C@@H]1Nc2ncnc3c2CN(C2CCOCC2)C(=O)N3CCCCCCCN2CCC(CC2)C(F)(F)c2cccc1c2. The lowest BCUT2D eigenvalue weighted by molar-refractivity contribution is -0.0855. The van der Waals surface area contributed by atoms with E-state index in [0.717, 1.165) is 75.7 Å². The zero-order valence-corrected chi connectivity index (χ0v) is 24.7. The van der Waals surface area contributed by atoms with Crippen molar-refractivity contribution in [3.63, 3.8) is 0 Å². The molecule has 10 heteroatoms. The molecule has 1 aromatic carbocycles. The van der Waals surface area contributed by atoms with E-state index >= 15 is 8.78 Å². The van der Waals surface area contributed by atoms with Gasteiger partial charge in [-0.3, -0.25) is 4.90 Å². The molecule has 2 amide bonds. The summed E-state index contributed by atoms with van der Waals surface area (Å²) >= 11 is 0. The lowest BCUT2D eigenvalue weighted by Gasteiger charge is -2.42. The van der Waals surface area contributed by atoms with Crippen LogP contribution in [0.3, 0.4) is 0 Å². The maximum Gasteiger partial charge on any atom is 0.326 e. The van der Waals surface area contributed by atoms with Crippen LogP contribution in [0.5, 0.6) is 0 Å². The molecule has 1 N–H and O–H groups in total. The van der Waals surface area contributed by atoms with Gasteiger partial charge in [0, 0.05) is 43.3 Å². The van der Waals surface area contributed by atoms with E-state index in [9.17, 15) is 4.79 Å². The maximum atomic E-state index is 15.8. The number of carbonyl (C=O) groups excluding carboxylic acids is 1. The Morgan fingerprint density at radius 3 is 2.48 bits per heavy atom. The molecular weight excluding hydrogens is 538 g/mol. The van der Waals surface area contributed by atoms with Gasteiger partial charge < -0.3 is 19.9 Å². The second-order valence-electron chi connectivity index (χ2n) is 12.4. The lowest BCUT2D eigenvalue weighted by Crippen LogP contribution is -2.53. The highest BCUT2D eigenvalue weighted by atomic mass is 19.3. The molecule has 8 bridgehead atoms. The summed E-state index contributed by atoms with van der Waals surface area (Å²) in [7, 11) is 0. The Kier molecular flexibility index (Phi) is 8.90. The first-order valence-electron chi connectivity index (χ1n) is 15.9. The van der Waals surface area contributed by atoms with E-state index in [-0.39, 0.29) is 23.7 Å². The van der Waals surface area contributed by atoms with Crippen LogP contribution in [-0.2, 0) is 17.2 Å². The van der Waals surface area contributed by atoms with Crippen LogP contribution >= 0.6 is 0 Å². The second kappa shape index (κ2) is 12.8. The third kappa shape index (κ3) is 6.11. The van der Waals surface area contributed by atoms with Crippen LogP contribution < -0.4 is 10.2 Å². The fourth-order valence-electron chi connectivity index (χ4n) is 7.07. The monoisotopic (exact) mass is 582 g/mol. The Morgan fingerprint density at radius 2 is 1.69 bits per heavy atom. The van der Waals surface area contributed by atoms with Crippen LogP contribution in [-0.4, -0.2) is 71.2 Å². The molecule has 0 spiro atoms. The smallest absolute Gasteiger partial charge is 0.326 e. The van der Waals surface area contributed by atoms with E-state index < -0.39 is 11.8 Å². The Bertz CT molecular complexity index is 1230. The molecule has 0 radical (unpaired) electrons. The van der Waals surface area contributed by atoms with E-state index in [1.165, 1.54) is 6.33 Å². The van der Waals surface area contributed by atoms with Gasteiger partial charge in [-0.15, -0.1) is 0 Å². The van der Waals surface area contributed by atoms with Gasteiger partial charge in [0.2, 0.25) is 0 Å². The van der Waals surface area contributed by atoms with Crippen molar-refractivity contribution in [1.29, 1.82) is 0 Å². The van der Waals surface area contributed by atoms with Crippen molar-refractivity contribution in [1.82, 2.24) is 19.8 Å². The molecule has 2 saturated heterocycles. The Hall–Kier alpha value is -2.85. The van der Waals surface area contributed by atoms with E-state index in [2.05, 4.69) is 20.2 Å². The first-order valence-corrected chi connectivity index (χ1v) is 15.9. The largest absolute Gasteiger partial charge is 0.381 e. The van der Waals surface area contributed by atoms with Gasteiger partial charge >= 0.3 is 6.03 Å². The van der Waals surface area contributed by atoms with Crippen LogP contribution in [0.2, 0.25) is 0 Å². The first-order chi connectivity index (χ1) is 20.4. The highest BCUT2D eigenvalue weighted by Crippen LogP contribution is 2.42. The number of nitrogens with zero attached hydrogens (tertiary/aromatic N) is 5. The lowest BCUT2D eigenvalue weighted by atomic mass is 9.85. The Morgan fingerprint density at radius 1 is 0.952 bits per heavy atom. The molecule has 42 heavy (non-hydrogen) atoms. The minimum Gasteiger partial charge on any atom is -0.381 e. The molecule has 1 aromatic heterocycles. The number of halogens is 2. The van der Waals surface area contributed by atoms with Crippen molar-refractivity contribution in [2.75, 3.05) is 49.6 Å². The first kappa shape index (κ1) is 29.2. The van der Waals surface area contributed by atoms with Crippen molar-refractivity contribution in [3.05, 3.63) is 47.3 Å². The molecule has 0 unspecified atom stereocenters. The molecule has 2 fully saturated rings. The number of hydrogen-bond donors (Lipinski definition) is 1. The van der Waals surface area contributed by atoms with E-state index in [1.807, 2.05) is 22.8 Å². The van der Waals surface area contributed by atoms with Gasteiger partial charge in [-0.05, 0) is 76.7 Å². The number of fused-ring (bicyclic) bond motifs is 9. The van der Waals surface area contributed by atoms with Gasteiger partial charge in [0.15, 0.2) is 0 Å². The second-order valence-corrected chi connectivity index (χ2v) is 12.4. The number of urea groups is 1. The zero-order valence-electron chi connectivity index (χ0n) is 24.7. The van der Waals surface area contributed by atoms with Crippen LogP contribution in [0, 0.1) is 5.92 Å². The molecule has 2 aromatic rings. The molecule has 8 nitrogen and oxygen atoms in total. The number of ether oxygens (including phenoxy) is 1. The minimum absolute atomic E-state index is 0.00371. The number of rotatable bonds is 1. The molecule has 7 rings (SSSR count). The summed E-state index contributed by atoms with van der Waals surface area (Å²) in [5, 5.41) is 3.50. The fourth-order valence-corrected chi connectivity index (χ4v) is 7.07. The number of amides is 2. The summed E-state index contributed by atoms with van der Waals surface area (Å²) in [5.74, 6) is -2.21. The number of alkyl halides is 2. The highest BCUT2D eigenvalue weighted by molar-refractivity contribution is 5.94. The fraction of sp³-hybridized carbons (Fsp3) is 0.656. The third-order valence-electron chi connectivity index (χ3n) is 9.70. The summed E-state index contributed by atoms with van der Waals surface area (Å²) in [5.41, 5.74) is 1.76. The molecule has 0 saturated carbocycles. The molecular formula is C32H44F2N6O2. The van der Waals surface area contributed by atoms with E-state index in [1.54, 1.807) is 18.2 Å². The quantitative estimate of drug-likeness (QED) is 0.423. The van der Waals surface area contributed by atoms with Gasteiger partial charge in [-0.2, -0.15) is 0 Å². The number of piperidine rings is 1. The number of carbonyl (C=O) groups is 1. The average Bonchev–Trinajstić information content (AvgIpc) is 3.01. The van der Waals surface area contributed by atoms with Crippen LogP contribution in [0.15, 0.2) is 30.6 Å². The molecule has 6 heterocycles. The Balaban J connectivity index is 1.32. The molecule has 5 aliphatic rings. The number of aromatic nitrogens is 2. The standard InChI is InChI=1S/C32H44F2N6O2/c1-23-24-8-7-9-26(20-24)32(33,34)25-10-16-38(17-11-25)14-5-3-2-4-6-15-39-30-28(29(37-23)35-22-36-30)21-40(31(39)41)27-12-18-42-19-13-27/h7-9,20,22-23,25,27H,2-6,10-19,21H2,1H3,(H,35,36,37)/t23-/m0/s1. The van der Waals surface area contributed by atoms with Gasteiger partial charge in [0.25, 0.3) is 5.92 Å². The predicted octanol–water partition coefficient (Wildman–Crippen LogP) is 6.34.